The van der Waals surface area contributed by atoms with Gasteiger partial charge in [0.05, 0.1) is 13.7 Å². The number of hydrogen-bond acceptors (Lipinski definition) is 3. The molecule has 1 N–H and O–H groups in total. The fourth-order valence-corrected chi connectivity index (χ4v) is 2.22. The first-order valence-electron chi connectivity index (χ1n) is 7.22. The molecule has 1 unspecified atom stereocenters. The lowest BCUT2D eigenvalue weighted by atomic mass is 10.0. The van der Waals surface area contributed by atoms with Crippen molar-refractivity contribution in [3.63, 3.8) is 0 Å². The van der Waals surface area contributed by atoms with E-state index in [0.29, 0.717) is 12.6 Å². The van der Waals surface area contributed by atoms with E-state index in [-0.39, 0.29) is 0 Å². The van der Waals surface area contributed by atoms with Gasteiger partial charge in [-0.3, -0.25) is 0 Å². The minimum atomic E-state index is 0.359. The van der Waals surface area contributed by atoms with Crippen LogP contribution in [0.15, 0.2) is 18.2 Å². The maximum Gasteiger partial charge on any atom is 0.124 e. The van der Waals surface area contributed by atoms with Crippen LogP contribution < -0.4 is 10.1 Å². The first-order chi connectivity index (χ1) is 9.24. The molecular formula is C16H25NO2. The van der Waals surface area contributed by atoms with Crippen LogP contribution >= 0.6 is 0 Å². The Morgan fingerprint density at radius 1 is 1.37 bits per heavy atom. The highest BCUT2D eigenvalue weighted by Gasteiger charge is 2.21. The lowest BCUT2D eigenvalue weighted by Gasteiger charge is -2.16. The molecule has 1 fully saturated rings. The molecule has 1 aromatic carbocycles. The lowest BCUT2D eigenvalue weighted by molar-refractivity contribution is 0.109. The van der Waals surface area contributed by atoms with Gasteiger partial charge in [-0.2, -0.15) is 0 Å². The van der Waals surface area contributed by atoms with Gasteiger partial charge in [0.15, 0.2) is 0 Å². The molecule has 106 valence electrons. The first-order valence-corrected chi connectivity index (χ1v) is 7.22. The Morgan fingerprint density at radius 3 is 2.79 bits per heavy atom. The van der Waals surface area contributed by atoms with Crippen LogP contribution in [0.5, 0.6) is 5.75 Å². The molecule has 0 aliphatic heterocycles. The molecule has 19 heavy (non-hydrogen) atoms. The molecule has 0 aromatic heterocycles. The third-order valence-corrected chi connectivity index (χ3v) is 3.62. The molecule has 1 saturated carbocycles. The number of methoxy groups -OCH3 is 1. The minimum Gasteiger partial charge on any atom is -0.496 e. The molecule has 1 aromatic rings. The maximum absolute atomic E-state index is 5.78. The monoisotopic (exact) mass is 263 g/mol. The van der Waals surface area contributed by atoms with Crippen LogP contribution in [0.25, 0.3) is 0 Å². The van der Waals surface area contributed by atoms with Gasteiger partial charge in [0.25, 0.3) is 0 Å². The quantitative estimate of drug-likeness (QED) is 0.780. The Kier molecular flexibility index (Phi) is 5.23. The maximum atomic E-state index is 5.78. The Morgan fingerprint density at radius 2 is 2.16 bits per heavy atom. The largest absolute Gasteiger partial charge is 0.496 e. The third-order valence-electron chi connectivity index (χ3n) is 3.62. The predicted molar refractivity (Wildman–Crippen MR) is 77.5 cm³/mol. The molecule has 3 nitrogen and oxygen atoms in total. The fourth-order valence-electron chi connectivity index (χ4n) is 2.22. The molecular weight excluding hydrogens is 238 g/mol. The van der Waals surface area contributed by atoms with Crippen LogP contribution in [0, 0.1) is 5.92 Å². The van der Waals surface area contributed by atoms with Gasteiger partial charge in [0, 0.05) is 18.2 Å². The number of rotatable bonds is 8. The first kappa shape index (κ1) is 14.4. The predicted octanol–water partition coefficient (Wildman–Crippen LogP) is 3.29. The zero-order chi connectivity index (χ0) is 13.7. The lowest BCUT2D eigenvalue weighted by Crippen LogP contribution is -2.17. The van der Waals surface area contributed by atoms with Crippen molar-refractivity contribution in [2.45, 2.75) is 39.3 Å². The molecule has 1 aliphatic rings. The van der Waals surface area contributed by atoms with E-state index in [1.54, 1.807) is 7.11 Å². The van der Waals surface area contributed by atoms with Crippen LogP contribution in [0.2, 0.25) is 0 Å². The van der Waals surface area contributed by atoms with Gasteiger partial charge in [-0.25, -0.2) is 0 Å². The fraction of sp³-hybridized carbons (Fsp3) is 0.625. The highest BCUT2D eigenvalue weighted by Crippen LogP contribution is 2.30. The Bertz CT molecular complexity index is 402. The Labute approximate surface area is 116 Å². The summed E-state index contributed by atoms with van der Waals surface area (Å²) in [7, 11) is 1.72. The van der Waals surface area contributed by atoms with Crippen molar-refractivity contribution < 1.29 is 9.47 Å². The van der Waals surface area contributed by atoms with Crippen LogP contribution in [0.3, 0.4) is 0 Å². The Balaban J connectivity index is 2.01. The highest BCUT2D eigenvalue weighted by atomic mass is 16.5. The van der Waals surface area contributed by atoms with Crippen molar-refractivity contribution in [1.82, 2.24) is 5.32 Å². The van der Waals surface area contributed by atoms with E-state index in [0.717, 1.165) is 30.4 Å². The smallest absolute Gasteiger partial charge is 0.124 e. The van der Waals surface area contributed by atoms with Gasteiger partial charge in [-0.15, -0.1) is 0 Å². The summed E-state index contributed by atoms with van der Waals surface area (Å²) in [5, 5.41) is 3.43. The second-order valence-corrected chi connectivity index (χ2v) is 5.31. The summed E-state index contributed by atoms with van der Waals surface area (Å²) in [6.07, 6.45) is 2.66. The van der Waals surface area contributed by atoms with Gasteiger partial charge >= 0.3 is 0 Å². The molecule has 0 saturated heterocycles. The van der Waals surface area contributed by atoms with E-state index in [1.807, 2.05) is 6.07 Å². The Hall–Kier alpha value is -1.06. The zero-order valence-corrected chi connectivity index (χ0v) is 12.2. The molecule has 0 spiro atoms. The van der Waals surface area contributed by atoms with Crippen LogP contribution in [0.1, 0.15) is 43.9 Å². The van der Waals surface area contributed by atoms with Crippen molar-refractivity contribution in [3.8, 4) is 5.75 Å². The molecule has 1 atom stereocenters. The van der Waals surface area contributed by atoms with E-state index >= 15 is 0 Å². The van der Waals surface area contributed by atoms with Crippen molar-refractivity contribution in [3.05, 3.63) is 29.3 Å². The molecule has 0 heterocycles. The van der Waals surface area contributed by atoms with E-state index in [4.69, 9.17) is 9.47 Å². The van der Waals surface area contributed by atoms with Gasteiger partial charge in [0.1, 0.15) is 5.75 Å². The molecule has 1 aliphatic carbocycles. The molecule has 3 heteroatoms. The summed E-state index contributed by atoms with van der Waals surface area (Å²) in [5.74, 6) is 1.72. The van der Waals surface area contributed by atoms with Crippen molar-refractivity contribution in [1.29, 1.82) is 0 Å². The topological polar surface area (TPSA) is 30.5 Å². The average Bonchev–Trinajstić information content (AvgIpc) is 3.23. The van der Waals surface area contributed by atoms with E-state index in [9.17, 15) is 0 Å². The van der Waals surface area contributed by atoms with E-state index < -0.39 is 0 Å². The summed E-state index contributed by atoms with van der Waals surface area (Å²) in [6.45, 7) is 6.81. The van der Waals surface area contributed by atoms with Crippen LogP contribution in [-0.4, -0.2) is 20.3 Å². The van der Waals surface area contributed by atoms with Gasteiger partial charge < -0.3 is 14.8 Å². The van der Waals surface area contributed by atoms with Gasteiger partial charge in [0.2, 0.25) is 0 Å². The number of hydrogen-bond donors (Lipinski definition) is 1. The second-order valence-electron chi connectivity index (χ2n) is 5.31. The summed E-state index contributed by atoms with van der Waals surface area (Å²) < 4.78 is 11.2. The number of ether oxygens (including phenoxy) is 2. The summed E-state index contributed by atoms with van der Waals surface area (Å²) >= 11 is 0. The molecule has 2 rings (SSSR count). The molecule has 0 bridgehead atoms. The average molecular weight is 263 g/mol. The summed E-state index contributed by atoms with van der Waals surface area (Å²) in [6, 6.07) is 6.72. The zero-order valence-electron chi connectivity index (χ0n) is 12.2. The van der Waals surface area contributed by atoms with Gasteiger partial charge in [-0.1, -0.05) is 13.0 Å². The van der Waals surface area contributed by atoms with E-state index in [2.05, 4.69) is 31.3 Å². The second kappa shape index (κ2) is 6.92. The number of benzene rings is 1. The van der Waals surface area contributed by atoms with Crippen LogP contribution in [-0.2, 0) is 11.3 Å². The summed E-state index contributed by atoms with van der Waals surface area (Å²) in [4.78, 5) is 0. The van der Waals surface area contributed by atoms with E-state index in [1.165, 1.54) is 18.4 Å². The molecule has 0 amide bonds. The summed E-state index contributed by atoms with van der Waals surface area (Å²) in [5.41, 5.74) is 2.43. The standard InChI is InChI=1S/C16H25NO2/c1-4-17-12(2)14-7-8-16(18-3)15(9-14)11-19-10-13-5-6-13/h7-9,12-13,17H,4-6,10-11H2,1-3H3. The SMILES string of the molecule is CCNC(C)c1ccc(OC)c(COCC2CC2)c1. The minimum absolute atomic E-state index is 0.359. The highest BCUT2D eigenvalue weighted by molar-refractivity contribution is 5.38. The number of nitrogens with one attached hydrogen (secondary N) is 1. The third kappa shape index (κ3) is 4.22. The van der Waals surface area contributed by atoms with Crippen molar-refractivity contribution >= 4 is 0 Å². The van der Waals surface area contributed by atoms with Crippen molar-refractivity contribution in [2.24, 2.45) is 5.92 Å². The van der Waals surface area contributed by atoms with Crippen LogP contribution in [0.4, 0.5) is 0 Å². The van der Waals surface area contributed by atoms with Gasteiger partial charge in [-0.05, 0) is 49.9 Å². The van der Waals surface area contributed by atoms with Crippen molar-refractivity contribution in [2.75, 3.05) is 20.3 Å². The molecule has 0 radical (unpaired) electrons. The normalized spacial score (nSPS) is 16.4.